The Morgan fingerprint density at radius 2 is 1.65 bits per heavy atom. The molecule has 0 radical (unpaired) electrons. The first-order chi connectivity index (χ1) is 8.09. The van der Waals surface area contributed by atoms with E-state index in [1.54, 1.807) is 0 Å². The second-order valence-electron chi connectivity index (χ2n) is 4.36. The standard InChI is InChI=1S/C11H10N2O4/c14-7-3-1-2-6-8(15)5-12-9(16)4-10(17)13(12)11(6)7/h1-5H2. The lowest BCUT2D eigenvalue weighted by molar-refractivity contribution is -0.150. The van der Waals surface area contributed by atoms with Gasteiger partial charge in [0.15, 0.2) is 11.6 Å². The quantitative estimate of drug-likeness (QED) is 0.532. The van der Waals surface area contributed by atoms with Gasteiger partial charge in [0.25, 0.3) is 11.8 Å². The lowest BCUT2D eigenvalue weighted by Gasteiger charge is -2.36. The van der Waals surface area contributed by atoms with E-state index in [1.165, 1.54) is 0 Å². The van der Waals surface area contributed by atoms with E-state index in [1.807, 2.05) is 0 Å². The van der Waals surface area contributed by atoms with Crippen LogP contribution in [0.5, 0.6) is 0 Å². The predicted octanol–water partition coefficient (Wildman–Crippen LogP) is -0.448. The highest BCUT2D eigenvalue weighted by atomic mass is 16.2. The van der Waals surface area contributed by atoms with E-state index in [0.717, 1.165) is 10.0 Å². The molecule has 0 atom stereocenters. The zero-order valence-electron chi connectivity index (χ0n) is 9.06. The van der Waals surface area contributed by atoms with Crippen molar-refractivity contribution in [2.45, 2.75) is 25.7 Å². The topological polar surface area (TPSA) is 74.8 Å². The van der Waals surface area contributed by atoms with Crippen molar-refractivity contribution in [1.82, 2.24) is 10.0 Å². The Bertz CT molecular complexity index is 506. The summed E-state index contributed by atoms with van der Waals surface area (Å²) in [4.78, 5) is 46.9. The van der Waals surface area contributed by atoms with E-state index >= 15 is 0 Å². The molecule has 0 N–H and O–H groups in total. The largest absolute Gasteiger partial charge is 0.292 e. The van der Waals surface area contributed by atoms with Gasteiger partial charge in [0.2, 0.25) is 0 Å². The molecule has 2 amide bonds. The summed E-state index contributed by atoms with van der Waals surface area (Å²) in [6.07, 6.45) is 1.24. The van der Waals surface area contributed by atoms with E-state index in [0.29, 0.717) is 24.8 Å². The lowest BCUT2D eigenvalue weighted by Crippen LogP contribution is -2.50. The third kappa shape index (κ3) is 1.26. The van der Waals surface area contributed by atoms with Gasteiger partial charge in [-0.2, -0.15) is 0 Å². The summed E-state index contributed by atoms with van der Waals surface area (Å²) in [7, 11) is 0. The second-order valence-corrected chi connectivity index (χ2v) is 4.36. The normalized spacial score (nSPS) is 24.5. The molecule has 1 aliphatic carbocycles. The highest BCUT2D eigenvalue weighted by Crippen LogP contribution is 2.33. The molecule has 0 aromatic rings. The fourth-order valence-corrected chi connectivity index (χ4v) is 2.53. The van der Waals surface area contributed by atoms with Crippen LogP contribution >= 0.6 is 0 Å². The molecular formula is C11H10N2O4. The lowest BCUT2D eigenvalue weighted by atomic mass is 9.90. The van der Waals surface area contributed by atoms with Crippen LogP contribution in [-0.2, 0) is 19.2 Å². The molecular weight excluding hydrogens is 224 g/mol. The third-order valence-corrected chi connectivity index (χ3v) is 3.29. The summed E-state index contributed by atoms with van der Waals surface area (Å²) >= 11 is 0. The first-order valence-electron chi connectivity index (χ1n) is 5.52. The van der Waals surface area contributed by atoms with Gasteiger partial charge in [-0.05, 0) is 12.8 Å². The van der Waals surface area contributed by atoms with Crippen LogP contribution in [0.1, 0.15) is 25.7 Å². The molecule has 6 heteroatoms. The minimum absolute atomic E-state index is 0.114. The van der Waals surface area contributed by atoms with Crippen molar-refractivity contribution < 1.29 is 19.2 Å². The Hall–Kier alpha value is -1.98. The second kappa shape index (κ2) is 3.26. The molecule has 3 aliphatic rings. The smallest absolute Gasteiger partial charge is 0.255 e. The number of amides is 2. The molecule has 1 fully saturated rings. The predicted molar refractivity (Wildman–Crippen MR) is 54.1 cm³/mol. The van der Waals surface area contributed by atoms with E-state index in [9.17, 15) is 19.2 Å². The van der Waals surface area contributed by atoms with E-state index < -0.39 is 11.8 Å². The molecule has 2 heterocycles. The maximum atomic E-state index is 11.8. The van der Waals surface area contributed by atoms with Gasteiger partial charge in [0, 0.05) is 12.0 Å². The van der Waals surface area contributed by atoms with Crippen LogP contribution in [0.15, 0.2) is 11.3 Å². The molecule has 88 valence electrons. The highest BCUT2D eigenvalue weighted by molar-refractivity contribution is 6.16. The Balaban J connectivity index is 2.16. The monoisotopic (exact) mass is 234 g/mol. The van der Waals surface area contributed by atoms with Crippen LogP contribution in [0, 0.1) is 0 Å². The number of carbonyl (C=O) groups is 4. The molecule has 0 spiro atoms. The van der Waals surface area contributed by atoms with Crippen molar-refractivity contribution in [2.24, 2.45) is 0 Å². The molecule has 1 saturated heterocycles. The Morgan fingerprint density at radius 1 is 0.882 bits per heavy atom. The van der Waals surface area contributed by atoms with Crippen molar-refractivity contribution in [3.05, 3.63) is 11.3 Å². The molecule has 0 unspecified atom stereocenters. The number of ketones is 2. The highest BCUT2D eigenvalue weighted by Gasteiger charge is 2.46. The van der Waals surface area contributed by atoms with Crippen molar-refractivity contribution in [3.8, 4) is 0 Å². The molecule has 0 bridgehead atoms. The van der Waals surface area contributed by atoms with Crippen LogP contribution in [0.4, 0.5) is 0 Å². The molecule has 0 saturated carbocycles. The number of nitrogens with zero attached hydrogens (tertiary/aromatic N) is 2. The van der Waals surface area contributed by atoms with Gasteiger partial charge in [0.1, 0.15) is 18.7 Å². The Kier molecular flexibility index (Phi) is 1.95. The first kappa shape index (κ1) is 10.2. The number of fused-ring (bicyclic) bond motifs is 2. The molecule has 6 nitrogen and oxygen atoms in total. The molecule has 0 aromatic carbocycles. The number of Topliss-reactive ketones (excluding diaryl/α,β-unsaturated/α-hetero) is 2. The third-order valence-electron chi connectivity index (χ3n) is 3.29. The minimum atomic E-state index is -0.412. The Morgan fingerprint density at radius 3 is 2.41 bits per heavy atom. The van der Waals surface area contributed by atoms with E-state index in [4.69, 9.17) is 0 Å². The average Bonchev–Trinajstić information content (AvgIpc) is 2.55. The fraction of sp³-hybridized carbons (Fsp3) is 0.455. The van der Waals surface area contributed by atoms with Crippen molar-refractivity contribution in [3.63, 3.8) is 0 Å². The first-order valence-corrected chi connectivity index (χ1v) is 5.52. The number of allylic oxidation sites excluding steroid dienone is 1. The number of hydrogen-bond donors (Lipinski definition) is 0. The van der Waals surface area contributed by atoms with Crippen molar-refractivity contribution >= 4 is 23.4 Å². The van der Waals surface area contributed by atoms with Crippen molar-refractivity contribution in [2.75, 3.05) is 6.54 Å². The number of hydrogen-bond acceptors (Lipinski definition) is 4. The van der Waals surface area contributed by atoms with Gasteiger partial charge < -0.3 is 0 Å². The van der Waals surface area contributed by atoms with E-state index in [2.05, 4.69) is 0 Å². The van der Waals surface area contributed by atoms with Crippen LogP contribution in [0.25, 0.3) is 0 Å². The maximum Gasteiger partial charge on any atom is 0.255 e. The zero-order valence-corrected chi connectivity index (χ0v) is 9.06. The van der Waals surface area contributed by atoms with Gasteiger partial charge in [-0.1, -0.05) is 0 Å². The summed E-state index contributed by atoms with van der Waals surface area (Å²) in [6.45, 7) is -0.114. The summed E-state index contributed by atoms with van der Waals surface area (Å²) in [5, 5.41) is 2.20. The minimum Gasteiger partial charge on any atom is -0.292 e. The van der Waals surface area contributed by atoms with Crippen LogP contribution in [0.2, 0.25) is 0 Å². The maximum absolute atomic E-state index is 11.8. The van der Waals surface area contributed by atoms with Crippen LogP contribution in [-0.4, -0.2) is 39.9 Å². The number of carbonyl (C=O) groups excluding carboxylic acids is 4. The number of hydrazine groups is 1. The van der Waals surface area contributed by atoms with E-state index in [-0.39, 0.29) is 30.2 Å². The zero-order chi connectivity index (χ0) is 12.2. The molecule has 17 heavy (non-hydrogen) atoms. The van der Waals surface area contributed by atoms with Gasteiger partial charge in [-0.15, -0.1) is 0 Å². The summed E-state index contributed by atoms with van der Waals surface area (Å²) in [6, 6.07) is 0. The molecule has 3 rings (SSSR count). The summed E-state index contributed by atoms with van der Waals surface area (Å²) < 4.78 is 0. The number of rotatable bonds is 0. The SMILES string of the molecule is O=C1CN2C(=O)CC(=O)N2C2=C1CCCC2=O. The molecule has 0 aromatic heterocycles. The van der Waals surface area contributed by atoms with Gasteiger partial charge in [-0.3, -0.25) is 19.2 Å². The van der Waals surface area contributed by atoms with Crippen LogP contribution in [0.3, 0.4) is 0 Å². The summed E-state index contributed by atoms with van der Waals surface area (Å²) in [5.74, 6) is -1.25. The average molecular weight is 234 g/mol. The van der Waals surface area contributed by atoms with Gasteiger partial charge in [0.05, 0.1) is 0 Å². The van der Waals surface area contributed by atoms with Crippen LogP contribution < -0.4 is 0 Å². The Labute approximate surface area is 96.8 Å². The van der Waals surface area contributed by atoms with Crippen molar-refractivity contribution in [1.29, 1.82) is 0 Å². The fourth-order valence-electron chi connectivity index (χ4n) is 2.53. The van der Waals surface area contributed by atoms with Gasteiger partial charge in [-0.25, -0.2) is 10.0 Å². The summed E-state index contributed by atoms with van der Waals surface area (Å²) in [5.41, 5.74) is 0.559. The molecule has 2 aliphatic heterocycles. The van der Waals surface area contributed by atoms with Gasteiger partial charge >= 0.3 is 0 Å².